The van der Waals surface area contributed by atoms with Crippen molar-refractivity contribution >= 4 is 23.5 Å². The van der Waals surface area contributed by atoms with Crippen LogP contribution in [0.3, 0.4) is 0 Å². The molecule has 146 valence electrons. The number of esters is 1. The molecule has 0 saturated carbocycles. The van der Waals surface area contributed by atoms with E-state index in [4.69, 9.17) is 0 Å². The number of anilines is 1. The maximum atomic E-state index is 12.9. The van der Waals surface area contributed by atoms with Crippen molar-refractivity contribution in [3.63, 3.8) is 0 Å². The first kappa shape index (κ1) is 19.5. The van der Waals surface area contributed by atoms with Gasteiger partial charge in [-0.05, 0) is 48.4 Å². The van der Waals surface area contributed by atoms with Gasteiger partial charge in [-0.3, -0.25) is 9.59 Å². The fourth-order valence-electron chi connectivity index (χ4n) is 3.15. The maximum absolute atomic E-state index is 12.9. The number of nitrogens with zero attached hydrogens (tertiary/aromatic N) is 1. The van der Waals surface area contributed by atoms with Gasteiger partial charge in [0, 0.05) is 25.2 Å². The molecule has 2 amide bonds. The number of carbonyl (C=O) groups excluding carboxylic acids is 3. The zero-order valence-corrected chi connectivity index (χ0v) is 15.5. The number of ether oxygens (including phenoxy) is 1. The van der Waals surface area contributed by atoms with E-state index >= 15 is 0 Å². The van der Waals surface area contributed by atoms with Gasteiger partial charge in [0.15, 0.2) is 0 Å². The average molecular weight is 384 g/mol. The van der Waals surface area contributed by atoms with Crippen LogP contribution in [0.1, 0.15) is 22.3 Å². The molecule has 1 saturated heterocycles. The number of hydrogen-bond donors (Lipinski definition) is 1. The molecule has 1 N–H and O–H groups in total. The summed E-state index contributed by atoms with van der Waals surface area (Å²) >= 11 is 0. The van der Waals surface area contributed by atoms with Crippen LogP contribution in [0.2, 0.25) is 0 Å². The molecular formula is C21H21FN2O4. The van der Waals surface area contributed by atoms with Crippen molar-refractivity contribution in [2.75, 3.05) is 25.1 Å². The smallest absolute Gasteiger partial charge is 0.337 e. The van der Waals surface area contributed by atoms with E-state index in [1.165, 1.54) is 19.2 Å². The fourth-order valence-corrected chi connectivity index (χ4v) is 3.15. The molecule has 2 aromatic rings. The molecule has 0 aliphatic carbocycles. The first-order valence-electron chi connectivity index (χ1n) is 8.99. The number of halogens is 1. The van der Waals surface area contributed by atoms with Crippen LogP contribution in [-0.4, -0.2) is 38.0 Å². The largest absolute Gasteiger partial charge is 0.465 e. The first-order chi connectivity index (χ1) is 13.5. The molecule has 0 radical (unpaired) electrons. The lowest BCUT2D eigenvalue weighted by Gasteiger charge is -2.17. The van der Waals surface area contributed by atoms with E-state index in [-0.39, 0.29) is 24.1 Å². The van der Waals surface area contributed by atoms with Crippen molar-refractivity contribution in [3.05, 3.63) is 65.5 Å². The van der Waals surface area contributed by atoms with Crippen molar-refractivity contribution in [3.8, 4) is 0 Å². The number of benzene rings is 2. The summed E-state index contributed by atoms with van der Waals surface area (Å²) in [7, 11) is 1.31. The SMILES string of the molecule is COC(=O)c1ccc(N2CC(C(=O)NCCc3ccc(F)cc3)CC2=O)cc1. The quantitative estimate of drug-likeness (QED) is 0.776. The number of methoxy groups -OCH3 is 1. The van der Waals surface area contributed by atoms with E-state index in [1.807, 2.05) is 0 Å². The van der Waals surface area contributed by atoms with Gasteiger partial charge >= 0.3 is 5.97 Å². The Morgan fingerprint density at radius 2 is 1.82 bits per heavy atom. The summed E-state index contributed by atoms with van der Waals surface area (Å²) in [6.45, 7) is 0.710. The number of nitrogens with one attached hydrogen (secondary N) is 1. The lowest BCUT2D eigenvalue weighted by molar-refractivity contribution is -0.126. The Morgan fingerprint density at radius 3 is 2.46 bits per heavy atom. The summed E-state index contributed by atoms with van der Waals surface area (Å²) in [5.74, 6) is -1.48. The Kier molecular flexibility index (Phi) is 6.03. The summed E-state index contributed by atoms with van der Waals surface area (Å²) in [4.78, 5) is 37.7. The van der Waals surface area contributed by atoms with Crippen molar-refractivity contribution in [1.29, 1.82) is 0 Å². The van der Waals surface area contributed by atoms with Crippen LogP contribution in [0, 0.1) is 11.7 Å². The Hall–Kier alpha value is -3.22. The third-order valence-electron chi connectivity index (χ3n) is 4.72. The van der Waals surface area contributed by atoms with Crippen LogP contribution >= 0.6 is 0 Å². The highest BCUT2D eigenvalue weighted by Crippen LogP contribution is 2.25. The third-order valence-corrected chi connectivity index (χ3v) is 4.72. The fraction of sp³-hybridized carbons (Fsp3) is 0.286. The minimum atomic E-state index is -0.447. The van der Waals surface area contributed by atoms with Gasteiger partial charge in [0.25, 0.3) is 0 Å². The molecule has 0 aromatic heterocycles. The molecule has 2 aromatic carbocycles. The molecule has 6 nitrogen and oxygen atoms in total. The van der Waals surface area contributed by atoms with Gasteiger partial charge in [-0.25, -0.2) is 9.18 Å². The van der Waals surface area contributed by atoms with Gasteiger partial charge in [-0.2, -0.15) is 0 Å². The molecule has 0 bridgehead atoms. The second kappa shape index (κ2) is 8.65. The number of hydrogen-bond acceptors (Lipinski definition) is 4. The van der Waals surface area contributed by atoms with Crippen LogP contribution in [0.4, 0.5) is 10.1 Å². The molecule has 1 atom stereocenters. The van der Waals surface area contributed by atoms with Crippen LogP contribution in [0.25, 0.3) is 0 Å². The van der Waals surface area contributed by atoms with E-state index in [2.05, 4.69) is 10.1 Å². The van der Waals surface area contributed by atoms with Crippen LogP contribution in [0.5, 0.6) is 0 Å². The topological polar surface area (TPSA) is 75.7 Å². The van der Waals surface area contributed by atoms with Gasteiger partial charge in [-0.1, -0.05) is 12.1 Å². The van der Waals surface area contributed by atoms with Gasteiger partial charge in [0.05, 0.1) is 18.6 Å². The Balaban J connectivity index is 1.53. The molecule has 1 fully saturated rings. The Bertz CT molecular complexity index is 865. The predicted molar refractivity (Wildman–Crippen MR) is 101 cm³/mol. The number of rotatable bonds is 6. The monoisotopic (exact) mass is 384 g/mol. The van der Waals surface area contributed by atoms with Crippen LogP contribution < -0.4 is 10.2 Å². The zero-order chi connectivity index (χ0) is 20.1. The van der Waals surface area contributed by atoms with E-state index in [0.717, 1.165) is 5.56 Å². The van der Waals surface area contributed by atoms with Gasteiger partial charge in [0.1, 0.15) is 5.82 Å². The Morgan fingerprint density at radius 1 is 1.14 bits per heavy atom. The second-order valence-electron chi connectivity index (χ2n) is 6.61. The number of carbonyl (C=O) groups is 3. The highest BCUT2D eigenvalue weighted by atomic mass is 19.1. The van der Waals surface area contributed by atoms with Gasteiger partial charge in [-0.15, -0.1) is 0 Å². The molecule has 1 aliphatic heterocycles. The first-order valence-corrected chi connectivity index (χ1v) is 8.99. The van der Waals surface area contributed by atoms with E-state index < -0.39 is 11.9 Å². The molecule has 1 aliphatic rings. The van der Waals surface area contributed by atoms with Gasteiger partial charge in [0.2, 0.25) is 11.8 Å². The van der Waals surface area contributed by atoms with E-state index in [9.17, 15) is 18.8 Å². The molecule has 3 rings (SSSR count). The van der Waals surface area contributed by atoms with E-state index in [0.29, 0.717) is 30.8 Å². The Labute approximate surface area is 162 Å². The molecule has 1 unspecified atom stereocenters. The molecule has 28 heavy (non-hydrogen) atoms. The minimum absolute atomic E-state index is 0.135. The minimum Gasteiger partial charge on any atom is -0.465 e. The third kappa shape index (κ3) is 4.54. The lowest BCUT2D eigenvalue weighted by atomic mass is 10.1. The summed E-state index contributed by atoms with van der Waals surface area (Å²) in [6, 6.07) is 12.6. The highest BCUT2D eigenvalue weighted by molar-refractivity contribution is 6.00. The average Bonchev–Trinajstić information content (AvgIpc) is 3.10. The molecule has 1 heterocycles. The van der Waals surface area contributed by atoms with Gasteiger partial charge < -0.3 is 15.0 Å². The van der Waals surface area contributed by atoms with Crippen molar-refractivity contribution < 1.29 is 23.5 Å². The normalized spacial score (nSPS) is 16.1. The van der Waals surface area contributed by atoms with Crippen molar-refractivity contribution in [2.24, 2.45) is 5.92 Å². The highest BCUT2D eigenvalue weighted by Gasteiger charge is 2.35. The predicted octanol–water partition coefficient (Wildman–Crippen LogP) is 2.32. The standard InChI is InChI=1S/C21H21FN2O4/c1-28-21(27)15-4-8-18(9-5-15)24-13-16(12-19(24)25)20(26)23-11-10-14-2-6-17(22)7-3-14/h2-9,16H,10-13H2,1H3,(H,23,26). The van der Waals surface area contributed by atoms with Crippen LogP contribution in [-0.2, 0) is 20.7 Å². The lowest BCUT2D eigenvalue weighted by Crippen LogP contribution is -2.34. The summed E-state index contributed by atoms with van der Waals surface area (Å²) in [5, 5.41) is 2.84. The van der Waals surface area contributed by atoms with Crippen molar-refractivity contribution in [2.45, 2.75) is 12.8 Å². The zero-order valence-electron chi connectivity index (χ0n) is 15.5. The molecular weight excluding hydrogens is 363 g/mol. The van der Waals surface area contributed by atoms with E-state index in [1.54, 1.807) is 41.3 Å². The summed E-state index contributed by atoms with van der Waals surface area (Å²) in [6.07, 6.45) is 0.729. The molecule has 7 heteroatoms. The number of amides is 2. The summed E-state index contributed by atoms with van der Waals surface area (Å²) < 4.78 is 17.6. The van der Waals surface area contributed by atoms with Crippen molar-refractivity contribution in [1.82, 2.24) is 5.32 Å². The van der Waals surface area contributed by atoms with Crippen LogP contribution in [0.15, 0.2) is 48.5 Å². The maximum Gasteiger partial charge on any atom is 0.337 e. The molecule has 0 spiro atoms. The summed E-state index contributed by atoms with van der Waals surface area (Å²) in [5.41, 5.74) is 1.96. The second-order valence-corrected chi connectivity index (χ2v) is 6.61.